The molecule has 0 aromatic carbocycles. The Hall–Kier alpha value is -0.930. The minimum Gasteiger partial charge on any atom is -0.299 e. The van der Waals surface area contributed by atoms with Gasteiger partial charge in [-0.2, -0.15) is 10.8 Å². The number of fused-ring (bicyclic) bond motifs is 5. The fourth-order valence-corrected chi connectivity index (χ4v) is 7.25. The molecule has 4 fully saturated rings. The molecular weight excluding hydrogens is 286 g/mol. The highest BCUT2D eigenvalue weighted by Crippen LogP contribution is 2.65. The van der Waals surface area contributed by atoms with E-state index in [1.54, 1.807) is 0 Å². The lowest BCUT2D eigenvalue weighted by molar-refractivity contribution is -0.557. The number of hydrogen-bond acceptors (Lipinski definition) is 1. The summed E-state index contributed by atoms with van der Waals surface area (Å²) in [6.45, 7) is 4.81. The van der Waals surface area contributed by atoms with Crippen molar-refractivity contribution in [2.24, 2.45) is 34.5 Å². The maximum absolute atomic E-state index is 12.4. The van der Waals surface area contributed by atoms with Crippen LogP contribution in [0.4, 0.5) is 0 Å². The fraction of sp³-hybridized carbons (Fsp3) is 0.947. The molecule has 0 radical (unpaired) electrons. The zero-order valence-electron chi connectivity index (χ0n) is 14.6. The van der Waals surface area contributed by atoms with Crippen molar-refractivity contribution in [3.05, 3.63) is 5.53 Å². The highest BCUT2D eigenvalue weighted by molar-refractivity contribution is 5.87. The molecule has 4 saturated carbocycles. The maximum atomic E-state index is 12.4. The number of Topliss-reactive ketones (excluding diaryl/α,β-unsaturated/α-hetero) is 1. The second-order valence-electron chi connectivity index (χ2n) is 9.30. The van der Waals surface area contributed by atoms with Crippen LogP contribution in [0.25, 0.3) is 5.53 Å². The van der Waals surface area contributed by atoms with E-state index in [2.05, 4.69) is 24.5 Å². The Kier molecular flexibility index (Phi) is 3.58. The Labute approximate surface area is 139 Å². The Morgan fingerprint density at radius 2 is 1.91 bits per heavy atom. The first-order chi connectivity index (χ1) is 11.0. The third kappa shape index (κ3) is 2.12. The molecule has 0 amide bonds. The van der Waals surface area contributed by atoms with Crippen LogP contribution in [0.2, 0.25) is 0 Å². The van der Waals surface area contributed by atoms with Crippen LogP contribution < -0.4 is 10.6 Å². The Morgan fingerprint density at radius 3 is 2.70 bits per heavy atom. The first-order valence-electron chi connectivity index (χ1n) is 9.67. The second-order valence-corrected chi connectivity index (χ2v) is 9.30. The van der Waals surface area contributed by atoms with Crippen molar-refractivity contribution < 1.29 is 10.0 Å². The average molecular weight is 317 g/mol. The molecule has 0 spiro atoms. The van der Waals surface area contributed by atoms with Crippen LogP contribution in [0.3, 0.4) is 0 Å². The zero-order valence-corrected chi connectivity index (χ0v) is 14.6. The van der Waals surface area contributed by atoms with E-state index in [-0.39, 0.29) is 5.41 Å². The van der Waals surface area contributed by atoms with Crippen LogP contribution in [0.15, 0.2) is 0 Å². The van der Waals surface area contributed by atoms with E-state index in [9.17, 15) is 4.79 Å². The van der Waals surface area contributed by atoms with Gasteiger partial charge in [0.05, 0.1) is 0 Å². The van der Waals surface area contributed by atoms with E-state index in [1.165, 1.54) is 32.1 Å². The Bertz CT molecular complexity index is 521. The van der Waals surface area contributed by atoms with Crippen LogP contribution in [0, 0.1) is 34.5 Å². The van der Waals surface area contributed by atoms with Gasteiger partial charge in [-0.25, -0.2) is 0 Å². The SMILES string of the molecule is CC12CCC3C(CCC4CC(N[NH+]=[N-])CCC43C)C1CCC2=O. The quantitative estimate of drug-likeness (QED) is 0.607. The minimum absolute atomic E-state index is 0.00390. The molecule has 128 valence electrons. The van der Waals surface area contributed by atoms with Gasteiger partial charge in [0.2, 0.25) is 0 Å². The summed E-state index contributed by atoms with van der Waals surface area (Å²) < 4.78 is 0. The second kappa shape index (κ2) is 5.29. The van der Waals surface area contributed by atoms with Crippen molar-refractivity contribution in [3.63, 3.8) is 0 Å². The summed E-state index contributed by atoms with van der Waals surface area (Å²) in [5.41, 5.74) is 12.4. The number of nitrogens with one attached hydrogen (secondary N) is 2. The summed E-state index contributed by atoms with van der Waals surface area (Å²) in [4.78, 5) is 12.4. The Morgan fingerprint density at radius 1 is 1.09 bits per heavy atom. The molecular formula is C19H31N3O. The number of hydrogen-bond donors (Lipinski definition) is 2. The highest BCUT2D eigenvalue weighted by atomic mass is 16.1. The number of carbonyl (C=O) groups excluding carboxylic acids is 1. The number of hydrazine groups is 1. The van der Waals surface area contributed by atoms with Gasteiger partial charge in [0.1, 0.15) is 5.78 Å². The molecule has 0 heterocycles. The molecule has 2 N–H and O–H groups in total. The van der Waals surface area contributed by atoms with E-state index in [0.29, 0.717) is 23.2 Å². The van der Waals surface area contributed by atoms with Crippen molar-refractivity contribution in [1.82, 2.24) is 5.43 Å². The molecule has 7 unspecified atom stereocenters. The van der Waals surface area contributed by atoms with Crippen molar-refractivity contribution >= 4 is 5.78 Å². The van der Waals surface area contributed by atoms with Gasteiger partial charge in [-0.05, 0) is 80.5 Å². The first-order valence-corrected chi connectivity index (χ1v) is 9.67. The lowest BCUT2D eigenvalue weighted by Crippen LogP contribution is -2.78. The molecule has 0 bridgehead atoms. The molecule has 4 nitrogen and oxygen atoms in total. The normalized spacial score (nSPS) is 52.3. The summed E-state index contributed by atoms with van der Waals surface area (Å²) in [5.74, 6) is 3.57. The van der Waals surface area contributed by atoms with Gasteiger partial charge in [-0.1, -0.05) is 13.8 Å². The van der Waals surface area contributed by atoms with Crippen LogP contribution in [0.1, 0.15) is 71.6 Å². The molecule has 7 atom stereocenters. The van der Waals surface area contributed by atoms with Gasteiger partial charge in [0.25, 0.3) is 0 Å². The summed E-state index contributed by atoms with van der Waals surface area (Å²) in [6.07, 6.45) is 10.6. The van der Waals surface area contributed by atoms with Gasteiger partial charge in [-0.3, -0.25) is 10.2 Å². The lowest BCUT2D eigenvalue weighted by atomic mass is 9.45. The standard InChI is InChI=1S/C19H31N3O/c1-18-9-7-13(21-22-20)11-12(18)3-4-14-15-5-6-17(23)19(15,2)10-8-16(14)18/h12-16,22H,3-11H2,1-2H3,(H-,20,21). The molecule has 4 aliphatic rings. The monoisotopic (exact) mass is 317 g/mol. The molecule has 23 heavy (non-hydrogen) atoms. The maximum Gasteiger partial charge on any atom is 0.139 e. The third-order valence-corrected chi connectivity index (χ3v) is 8.64. The smallest absolute Gasteiger partial charge is 0.139 e. The number of rotatable bonds is 2. The fourth-order valence-electron chi connectivity index (χ4n) is 7.25. The lowest BCUT2D eigenvalue weighted by Gasteiger charge is -2.60. The van der Waals surface area contributed by atoms with Gasteiger partial charge in [-0.15, -0.1) is 0 Å². The molecule has 0 aromatic heterocycles. The molecule has 4 heteroatoms. The van der Waals surface area contributed by atoms with E-state index < -0.39 is 0 Å². The summed E-state index contributed by atoms with van der Waals surface area (Å²) in [5, 5.41) is 2.15. The van der Waals surface area contributed by atoms with Gasteiger partial charge in [0, 0.05) is 17.9 Å². The van der Waals surface area contributed by atoms with Gasteiger partial charge in [0.15, 0.2) is 0 Å². The minimum atomic E-state index is 0.00390. The van der Waals surface area contributed by atoms with E-state index >= 15 is 0 Å². The van der Waals surface area contributed by atoms with Crippen molar-refractivity contribution in [1.29, 1.82) is 0 Å². The molecule has 0 aliphatic heterocycles. The predicted molar refractivity (Wildman–Crippen MR) is 88.0 cm³/mol. The molecule has 4 aliphatic carbocycles. The topological polar surface area (TPSA) is 65.4 Å². The van der Waals surface area contributed by atoms with E-state index in [0.717, 1.165) is 43.4 Å². The average Bonchev–Trinajstić information content (AvgIpc) is 2.84. The molecule has 0 aromatic rings. The van der Waals surface area contributed by atoms with Crippen molar-refractivity contribution in [2.75, 3.05) is 0 Å². The first kappa shape index (κ1) is 15.6. The van der Waals surface area contributed by atoms with Crippen LogP contribution in [-0.4, -0.2) is 11.8 Å². The number of carbonyl (C=O) groups is 1. The highest BCUT2D eigenvalue weighted by Gasteiger charge is 2.60. The van der Waals surface area contributed by atoms with Crippen LogP contribution in [0.5, 0.6) is 0 Å². The third-order valence-electron chi connectivity index (χ3n) is 8.64. The zero-order chi connectivity index (χ0) is 16.2. The van der Waals surface area contributed by atoms with Crippen LogP contribution >= 0.6 is 0 Å². The summed E-state index contributed by atoms with van der Waals surface area (Å²) >= 11 is 0. The van der Waals surface area contributed by atoms with E-state index in [1.807, 2.05) is 0 Å². The molecule has 0 saturated heterocycles. The van der Waals surface area contributed by atoms with Crippen molar-refractivity contribution in [3.8, 4) is 0 Å². The number of ketones is 1. The summed E-state index contributed by atoms with van der Waals surface area (Å²) in [7, 11) is 0. The molecule has 4 rings (SSSR count). The van der Waals surface area contributed by atoms with Crippen LogP contribution in [-0.2, 0) is 4.79 Å². The van der Waals surface area contributed by atoms with Crippen molar-refractivity contribution in [2.45, 2.75) is 77.7 Å². The number of nitrogens with zero attached hydrogens (tertiary/aromatic N) is 1. The largest absolute Gasteiger partial charge is 0.299 e. The Balaban J connectivity index is 1.57. The van der Waals surface area contributed by atoms with Gasteiger partial charge < -0.3 is 0 Å². The predicted octanol–water partition coefficient (Wildman–Crippen LogP) is 2.57. The van der Waals surface area contributed by atoms with E-state index in [4.69, 9.17) is 5.53 Å². The summed E-state index contributed by atoms with van der Waals surface area (Å²) in [6, 6.07) is 0.400. The van der Waals surface area contributed by atoms with Gasteiger partial charge >= 0.3 is 0 Å².